The SMILES string of the molecule is COC(=O)[C@]1(C)OC[C@H](CCCCC(NC(=O)C2CCCCC2)C(C)=O)CO1. The fraction of sp³-hybridized carbons (Fsp3) is 0.857. The summed E-state index contributed by atoms with van der Waals surface area (Å²) in [5.41, 5.74) is 0. The van der Waals surface area contributed by atoms with Crippen LogP contribution in [-0.2, 0) is 28.6 Å². The lowest BCUT2D eigenvalue weighted by atomic mass is 9.88. The first-order valence-corrected chi connectivity index (χ1v) is 10.5. The molecule has 7 heteroatoms. The highest BCUT2D eigenvalue weighted by Gasteiger charge is 2.41. The van der Waals surface area contributed by atoms with Crippen molar-refractivity contribution in [3.05, 3.63) is 0 Å². The Kier molecular flexibility index (Phi) is 8.89. The van der Waals surface area contributed by atoms with E-state index >= 15 is 0 Å². The van der Waals surface area contributed by atoms with Crippen molar-refractivity contribution in [2.75, 3.05) is 20.3 Å². The number of unbranched alkanes of at least 4 members (excludes halogenated alkanes) is 1. The summed E-state index contributed by atoms with van der Waals surface area (Å²) in [6.45, 7) is 4.00. The molecule has 0 radical (unpaired) electrons. The Morgan fingerprint density at radius 1 is 1.11 bits per heavy atom. The van der Waals surface area contributed by atoms with Crippen LogP contribution in [0, 0.1) is 11.8 Å². The minimum Gasteiger partial charge on any atom is -0.465 e. The lowest BCUT2D eigenvalue weighted by molar-refractivity contribution is -0.272. The molecule has 2 aliphatic rings. The zero-order valence-corrected chi connectivity index (χ0v) is 17.5. The molecule has 1 aliphatic heterocycles. The van der Waals surface area contributed by atoms with Crippen molar-refractivity contribution in [3.63, 3.8) is 0 Å². The highest BCUT2D eigenvalue weighted by Crippen LogP contribution is 2.26. The number of esters is 1. The first-order valence-electron chi connectivity index (χ1n) is 10.5. The van der Waals surface area contributed by atoms with E-state index in [0.717, 1.165) is 44.9 Å². The zero-order chi connectivity index (χ0) is 20.6. The Hall–Kier alpha value is -1.47. The van der Waals surface area contributed by atoms with Crippen molar-refractivity contribution in [1.82, 2.24) is 5.32 Å². The number of nitrogens with one attached hydrogen (secondary N) is 1. The molecule has 1 aliphatic carbocycles. The van der Waals surface area contributed by atoms with E-state index in [2.05, 4.69) is 5.32 Å². The molecule has 0 aromatic rings. The van der Waals surface area contributed by atoms with Gasteiger partial charge in [-0.1, -0.05) is 32.1 Å². The Bertz CT molecular complexity index is 535. The number of carbonyl (C=O) groups is 3. The molecule has 2 rings (SSSR count). The van der Waals surface area contributed by atoms with Crippen LogP contribution in [0.5, 0.6) is 0 Å². The molecule has 2 fully saturated rings. The van der Waals surface area contributed by atoms with Gasteiger partial charge >= 0.3 is 5.97 Å². The summed E-state index contributed by atoms with van der Waals surface area (Å²) < 4.78 is 15.8. The molecule has 7 nitrogen and oxygen atoms in total. The molecule has 0 aromatic heterocycles. The van der Waals surface area contributed by atoms with Crippen molar-refractivity contribution in [2.45, 2.75) is 83.5 Å². The van der Waals surface area contributed by atoms with Crippen LogP contribution in [0.15, 0.2) is 0 Å². The monoisotopic (exact) mass is 397 g/mol. The van der Waals surface area contributed by atoms with Gasteiger partial charge in [-0.15, -0.1) is 0 Å². The Balaban J connectivity index is 1.67. The van der Waals surface area contributed by atoms with Gasteiger partial charge in [-0.05, 0) is 32.6 Å². The van der Waals surface area contributed by atoms with Gasteiger partial charge in [0.25, 0.3) is 5.79 Å². The number of rotatable bonds is 9. The molecule has 0 aromatic carbocycles. The second-order valence-corrected chi connectivity index (χ2v) is 8.22. The third kappa shape index (κ3) is 6.55. The molecule has 1 atom stereocenters. The normalized spacial score (nSPS) is 27.0. The fourth-order valence-corrected chi connectivity index (χ4v) is 3.93. The van der Waals surface area contributed by atoms with Crippen molar-refractivity contribution in [2.24, 2.45) is 11.8 Å². The van der Waals surface area contributed by atoms with Crippen LogP contribution in [0.1, 0.15) is 71.6 Å². The summed E-state index contributed by atoms with van der Waals surface area (Å²) in [7, 11) is 1.31. The molecule has 1 amide bonds. The van der Waals surface area contributed by atoms with Gasteiger partial charge < -0.3 is 19.5 Å². The van der Waals surface area contributed by atoms with Crippen molar-refractivity contribution >= 4 is 17.7 Å². The van der Waals surface area contributed by atoms with E-state index in [0.29, 0.717) is 19.6 Å². The van der Waals surface area contributed by atoms with Crippen molar-refractivity contribution < 1.29 is 28.6 Å². The predicted molar refractivity (Wildman–Crippen MR) is 103 cm³/mol. The molecular weight excluding hydrogens is 362 g/mol. The molecule has 28 heavy (non-hydrogen) atoms. The van der Waals surface area contributed by atoms with Gasteiger partial charge in [0.1, 0.15) is 0 Å². The molecule has 0 bridgehead atoms. The van der Waals surface area contributed by atoms with Crippen LogP contribution in [0.4, 0.5) is 0 Å². The van der Waals surface area contributed by atoms with Gasteiger partial charge in [-0.2, -0.15) is 0 Å². The number of ether oxygens (including phenoxy) is 3. The maximum atomic E-state index is 12.4. The Labute approximate surface area is 167 Å². The maximum Gasteiger partial charge on any atom is 0.366 e. The average Bonchev–Trinajstić information content (AvgIpc) is 2.71. The summed E-state index contributed by atoms with van der Waals surface area (Å²) in [5, 5.41) is 2.97. The lowest BCUT2D eigenvalue weighted by Crippen LogP contribution is -2.48. The molecule has 1 unspecified atom stereocenters. The zero-order valence-electron chi connectivity index (χ0n) is 17.5. The Morgan fingerprint density at radius 2 is 1.75 bits per heavy atom. The van der Waals surface area contributed by atoms with Gasteiger partial charge in [0, 0.05) is 18.8 Å². The lowest BCUT2D eigenvalue weighted by Gasteiger charge is -2.35. The molecule has 160 valence electrons. The topological polar surface area (TPSA) is 90.9 Å². The van der Waals surface area contributed by atoms with Crippen LogP contribution in [0.2, 0.25) is 0 Å². The second kappa shape index (κ2) is 10.9. The Morgan fingerprint density at radius 3 is 2.32 bits per heavy atom. The van der Waals surface area contributed by atoms with E-state index in [9.17, 15) is 14.4 Å². The van der Waals surface area contributed by atoms with Crippen LogP contribution in [-0.4, -0.2) is 49.8 Å². The van der Waals surface area contributed by atoms with E-state index in [1.165, 1.54) is 13.5 Å². The smallest absolute Gasteiger partial charge is 0.366 e. The van der Waals surface area contributed by atoms with Crippen molar-refractivity contribution in [3.8, 4) is 0 Å². The van der Waals surface area contributed by atoms with Gasteiger partial charge in [0.2, 0.25) is 5.91 Å². The number of ketones is 1. The van der Waals surface area contributed by atoms with E-state index in [4.69, 9.17) is 14.2 Å². The van der Waals surface area contributed by atoms with E-state index < -0.39 is 17.8 Å². The van der Waals surface area contributed by atoms with E-state index in [1.54, 1.807) is 13.8 Å². The molecule has 0 spiro atoms. The summed E-state index contributed by atoms with van der Waals surface area (Å²) >= 11 is 0. The van der Waals surface area contributed by atoms with Crippen LogP contribution >= 0.6 is 0 Å². The van der Waals surface area contributed by atoms with E-state index in [-0.39, 0.29) is 23.5 Å². The summed E-state index contributed by atoms with van der Waals surface area (Å²) in [6, 6.07) is -0.393. The minimum atomic E-state index is -1.31. The van der Waals surface area contributed by atoms with Gasteiger partial charge in [-0.25, -0.2) is 4.79 Å². The van der Waals surface area contributed by atoms with Crippen molar-refractivity contribution in [1.29, 1.82) is 0 Å². The summed E-state index contributed by atoms with van der Waals surface area (Å²) in [6.07, 6.45) is 8.57. The minimum absolute atomic E-state index is 0.0161. The largest absolute Gasteiger partial charge is 0.465 e. The van der Waals surface area contributed by atoms with Gasteiger partial charge in [-0.3, -0.25) is 9.59 Å². The van der Waals surface area contributed by atoms with Crippen LogP contribution in [0.25, 0.3) is 0 Å². The third-order valence-electron chi connectivity index (χ3n) is 5.88. The standard InChI is InChI=1S/C21H35NO6/c1-15(23)18(22-19(24)17-10-5-4-6-11-17)12-8-7-9-16-13-27-21(2,28-14-16)20(25)26-3/h16-18H,4-14H2,1-3H3,(H,22,24)/t16-,18?,21+. The van der Waals surface area contributed by atoms with Gasteiger partial charge in [0.05, 0.1) is 26.4 Å². The molecular formula is C21H35NO6. The first kappa shape index (κ1) is 22.8. The fourth-order valence-electron chi connectivity index (χ4n) is 3.93. The molecule has 1 saturated carbocycles. The quantitative estimate of drug-likeness (QED) is 0.475. The number of hydrogen-bond acceptors (Lipinski definition) is 6. The molecule has 1 N–H and O–H groups in total. The highest BCUT2D eigenvalue weighted by atomic mass is 16.7. The summed E-state index contributed by atoms with van der Waals surface area (Å²) in [5.74, 6) is -1.50. The van der Waals surface area contributed by atoms with E-state index in [1.807, 2.05) is 0 Å². The number of amides is 1. The number of hydrogen-bond donors (Lipinski definition) is 1. The highest BCUT2D eigenvalue weighted by molar-refractivity contribution is 5.88. The second-order valence-electron chi connectivity index (χ2n) is 8.22. The number of carbonyl (C=O) groups excluding carboxylic acids is 3. The van der Waals surface area contributed by atoms with Gasteiger partial charge in [0.15, 0.2) is 5.78 Å². The third-order valence-corrected chi connectivity index (χ3v) is 5.88. The molecule has 1 saturated heterocycles. The first-order chi connectivity index (χ1) is 13.4. The number of Topliss-reactive ketones (excluding diaryl/α,β-unsaturated/α-hetero) is 1. The van der Waals surface area contributed by atoms with Crippen LogP contribution < -0.4 is 5.32 Å². The molecule has 1 heterocycles. The maximum absolute atomic E-state index is 12.4. The summed E-state index contributed by atoms with van der Waals surface area (Å²) in [4.78, 5) is 36.0. The van der Waals surface area contributed by atoms with Crippen LogP contribution in [0.3, 0.4) is 0 Å². The average molecular weight is 398 g/mol. The number of methoxy groups -OCH3 is 1. The predicted octanol–water partition coefficient (Wildman–Crippen LogP) is 2.75.